The van der Waals surface area contributed by atoms with E-state index in [0.29, 0.717) is 17.7 Å². The molecule has 1 fully saturated rings. The van der Waals surface area contributed by atoms with Gasteiger partial charge in [-0.3, -0.25) is 9.59 Å². The standard InChI is InChI=1S/C15H16N2O2/c18-14-12(10-11-4-2-1-3-5-11)13(15(14)19)17-8-6-16-7-9-17/h1-5,16H,6-10H2. The maximum atomic E-state index is 11.8. The summed E-state index contributed by atoms with van der Waals surface area (Å²) in [6, 6.07) is 9.82. The maximum Gasteiger partial charge on any atom is 0.249 e. The summed E-state index contributed by atoms with van der Waals surface area (Å²) < 4.78 is 0. The van der Waals surface area contributed by atoms with Gasteiger partial charge in [0.05, 0.1) is 5.69 Å². The molecule has 1 N–H and O–H groups in total. The Morgan fingerprint density at radius 2 is 1.68 bits per heavy atom. The fourth-order valence-electron chi connectivity index (χ4n) is 2.61. The molecule has 0 atom stereocenters. The number of hydrogen-bond acceptors (Lipinski definition) is 4. The van der Waals surface area contributed by atoms with Crippen LogP contribution in [0, 0.1) is 0 Å². The molecule has 2 aromatic carbocycles. The first-order valence-electron chi connectivity index (χ1n) is 6.59. The van der Waals surface area contributed by atoms with Gasteiger partial charge in [-0.2, -0.15) is 0 Å². The van der Waals surface area contributed by atoms with E-state index in [1.54, 1.807) is 0 Å². The predicted octanol–water partition coefficient (Wildman–Crippen LogP) is 0.283. The van der Waals surface area contributed by atoms with Gasteiger partial charge < -0.3 is 10.2 Å². The summed E-state index contributed by atoms with van der Waals surface area (Å²) >= 11 is 0. The minimum atomic E-state index is -0.312. The van der Waals surface area contributed by atoms with Crippen molar-refractivity contribution in [3.63, 3.8) is 0 Å². The zero-order valence-electron chi connectivity index (χ0n) is 10.7. The van der Waals surface area contributed by atoms with Crippen LogP contribution in [0.1, 0.15) is 11.1 Å². The van der Waals surface area contributed by atoms with Crippen LogP contribution in [-0.4, -0.2) is 26.2 Å². The van der Waals surface area contributed by atoms with Gasteiger partial charge in [0.15, 0.2) is 0 Å². The SMILES string of the molecule is O=c1c(Cc2ccccc2)c(N2CCNCC2)c1=O. The largest absolute Gasteiger partial charge is 0.365 e. The molecule has 98 valence electrons. The zero-order chi connectivity index (χ0) is 13.2. The van der Waals surface area contributed by atoms with E-state index in [1.165, 1.54) is 0 Å². The van der Waals surface area contributed by atoms with Gasteiger partial charge in [-0.25, -0.2) is 0 Å². The summed E-state index contributed by atoms with van der Waals surface area (Å²) in [5.74, 6) is 0. The topological polar surface area (TPSA) is 49.4 Å². The highest BCUT2D eigenvalue weighted by Gasteiger charge is 2.26. The Balaban J connectivity index is 1.88. The Morgan fingerprint density at radius 1 is 1.00 bits per heavy atom. The van der Waals surface area contributed by atoms with Crippen molar-refractivity contribution in [2.45, 2.75) is 6.42 Å². The summed E-state index contributed by atoms with van der Waals surface area (Å²) in [6.07, 6.45) is 0.560. The zero-order valence-corrected chi connectivity index (χ0v) is 10.7. The number of nitrogens with zero attached hydrogens (tertiary/aromatic N) is 1. The van der Waals surface area contributed by atoms with E-state index in [9.17, 15) is 9.59 Å². The van der Waals surface area contributed by atoms with Crippen molar-refractivity contribution in [2.24, 2.45) is 0 Å². The molecule has 0 aromatic heterocycles. The summed E-state index contributed by atoms with van der Waals surface area (Å²) in [4.78, 5) is 25.6. The van der Waals surface area contributed by atoms with Gasteiger partial charge in [0, 0.05) is 38.2 Å². The summed E-state index contributed by atoms with van der Waals surface area (Å²) in [5, 5.41) is 3.25. The molecule has 4 heteroatoms. The monoisotopic (exact) mass is 256 g/mol. The van der Waals surface area contributed by atoms with Crippen molar-refractivity contribution in [3.05, 3.63) is 61.9 Å². The molecule has 2 aromatic rings. The molecule has 0 aliphatic carbocycles. The molecule has 0 saturated carbocycles. The second-order valence-corrected chi connectivity index (χ2v) is 4.88. The van der Waals surface area contributed by atoms with Gasteiger partial charge in [0.25, 0.3) is 0 Å². The molecule has 1 aliphatic rings. The highest BCUT2D eigenvalue weighted by molar-refractivity contribution is 5.60. The molecule has 0 spiro atoms. The Bertz CT molecular complexity index is 636. The molecule has 0 unspecified atom stereocenters. The summed E-state index contributed by atoms with van der Waals surface area (Å²) in [7, 11) is 0. The minimum Gasteiger partial charge on any atom is -0.365 e. The fraction of sp³-hybridized carbons (Fsp3) is 0.333. The van der Waals surface area contributed by atoms with Crippen LogP contribution < -0.4 is 21.1 Å². The highest BCUT2D eigenvalue weighted by Crippen LogP contribution is 2.18. The van der Waals surface area contributed by atoms with Gasteiger partial charge in [-0.1, -0.05) is 30.3 Å². The number of benzene rings is 1. The van der Waals surface area contributed by atoms with Crippen LogP contribution in [0.5, 0.6) is 0 Å². The fourth-order valence-corrected chi connectivity index (χ4v) is 2.61. The van der Waals surface area contributed by atoms with Crippen LogP contribution in [0.15, 0.2) is 39.9 Å². The lowest BCUT2D eigenvalue weighted by molar-refractivity contribution is 0.585. The molecule has 1 heterocycles. The van der Waals surface area contributed by atoms with Gasteiger partial charge in [-0.05, 0) is 5.56 Å². The van der Waals surface area contributed by atoms with Gasteiger partial charge >= 0.3 is 0 Å². The smallest absolute Gasteiger partial charge is 0.249 e. The second-order valence-electron chi connectivity index (χ2n) is 4.88. The van der Waals surface area contributed by atoms with Crippen molar-refractivity contribution in [2.75, 3.05) is 31.1 Å². The van der Waals surface area contributed by atoms with Crippen LogP contribution in [0.3, 0.4) is 0 Å². The molecule has 1 aliphatic heterocycles. The quantitative estimate of drug-likeness (QED) is 0.802. The lowest BCUT2D eigenvalue weighted by atomic mass is 9.97. The normalized spacial score (nSPS) is 15.9. The first-order chi connectivity index (χ1) is 9.27. The van der Waals surface area contributed by atoms with Crippen LogP contribution in [-0.2, 0) is 6.42 Å². The molecule has 4 nitrogen and oxygen atoms in total. The van der Waals surface area contributed by atoms with E-state index in [-0.39, 0.29) is 10.9 Å². The van der Waals surface area contributed by atoms with E-state index < -0.39 is 0 Å². The molecule has 19 heavy (non-hydrogen) atoms. The van der Waals surface area contributed by atoms with Gasteiger partial charge in [-0.15, -0.1) is 0 Å². The number of hydrogen-bond donors (Lipinski definition) is 1. The Labute approximate surface area is 111 Å². The summed E-state index contributed by atoms with van der Waals surface area (Å²) in [5.41, 5.74) is 1.78. The molecule has 3 rings (SSSR count). The number of anilines is 1. The lowest BCUT2D eigenvalue weighted by Gasteiger charge is -2.31. The van der Waals surface area contributed by atoms with Crippen molar-refractivity contribution in [3.8, 4) is 0 Å². The first-order valence-corrected chi connectivity index (χ1v) is 6.59. The molecular weight excluding hydrogens is 240 g/mol. The van der Waals surface area contributed by atoms with E-state index >= 15 is 0 Å². The number of rotatable bonds is 3. The molecule has 0 radical (unpaired) electrons. The van der Waals surface area contributed by atoms with Crippen molar-refractivity contribution in [1.82, 2.24) is 5.32 Å². The Kier molecular flexibility index (Phi) is 3.17. The average Bonchev–Trinajstić information content (AvgIpc) is 2.48. The third kappa shape index (κ3) is 2.19. The Morgan fingerprint density at radius 3 is 2.37 bits per heavy atom. The molecule has 0 amide bonds. The molecular formula is C15H16N2O2. The third-order valence-electron chi connectivity index (χ3n) is 3.64. The predicted molar refractivity (Wildman–Crippen MR) is 75.7 cm³/mol. The van der Waals surface area contributed by atoms with E-state index in [0.717, 1.165) is 31.7 Å². The van der Waals surface area contributed by atoms with Crippen molar-refractivity contribution >= 4 is 5.69 Å². The minimum absolute atomic E-state index is 0.308. The first kappa shape index (κ1) is 12.1. The van der Waals surface area contributed by atoms with Gasteiger partial charge in [0.2, 0.25) is 10.9 Å². The maximum absolute atomic E-state index is 11.8. The number of piperazine rings is 1. The molecule has 0 bridgehead atoms. The van der Waals surface area contributed by atoms with Crippen molar-refractivity contribution in [1.29, 1.82) is 0 Å². The number of nitrogens with one attached hydrogen (secondary N) is 1. The van der Waals surface area contributed by atoms with Gasteiger partial charge in [0.1, 0.15) is 0 Å². The molecule has 1 saturated heterocycles. The van der Waals surface area contributed by atoms with Crippen LogP contribution in [0.2, 0.25) is 0 Å². The summed E-state index contributed by atoms with van der Waals surface area (Å²) in [6.45, 7) is 3.33. The second kappa shape index (κ2) is 4.97. The van der Waals surface area contributed by atoms with Crippen LogP contribution in [0.25, 0.3) is 0 Å². The van der Waals surface area contributed by atoms with E-state index in [4.69, 9.17) is 0 Å². The van der Waals surface area contributed by atoms with E-state index in [1.807, 2.05) is 35.2 Å². The third-order valence-corrected chi connectivity index (χ3v) is 3.64. The highest BCUT2D eigenvalue weighted by atomic mass is 16.2. The Hall–Kier alpha value is -1.94. The van der Waals surface area contributed by atoms with Crippen LogP contribution >= 0.6 is 0 Å². The van der Waals surface area contributed by atoms with E-state index in [2.05, 4.69) is 5.32 Å². The van der Waals surface area contributed by atoms with Crippen molar-refractivity contribution < 1.29 is 0 Å². The lowest BCUT2D eigenvalue weighted by Crippen LogP contribution is -2.50. The van der Waals surface area contributed by atoms with Crippen LogP contribution in [0.4, 0.5) is 5.69 Å². The average molecular weight is 256 g/mol.